The van der Waals surface area contributed by atoms with Crippen molar-refractivity contribution in [3.05, 3.63) is 108 Å². The van der Waals surface area contributed by atoms with Crippen molar-refractivity contribution < 1.29 is 4.21 Å². The third-order valence-electron chi connectivity index (χ3n) is 8.23. The maximum atomic E-state index is 14.2. The summed E-state index contributed by atoms with van der Waals surface area (Å²) in [6, 6.07) is 14.8. The van der Waals surface area contributed by atoms with Crippen molar-refractivity contribution in [1.29, 1.82) is 4.78 Å². The lowest BCUT2D eigenvalue weighted by atomic mass is 10.1. The molecule has 6 N–H and O–H groups in total. The van der Waals surface area contributed by atoms with Crippen LogP contribution in [0.3, 0.4) is 0 Å². The topological polar surface area (TPSA) is 171 Å². The number of benzene rings is 1. The number of nitrogen functional groups attached to an aromatic ring is 1. The Morgan fingerprint density at radius 2 is 1.91 bits per heavy atom. The van der Waals surface area contributed by atoms with Gasteiger partial charge in [0.2, 0.25) is 0 Å². The molecule has 0 aliphatic heterocycles. The summed E-state index contributed by atoms with van der Waals surface area (Å²) < 4.78 is 26.9. The third-order valence-corrected chi connectivity index (χ3v) is 10.5. The molecule has 44 heavy (non-hydrogen) atoms. The van der Waals surface area contributed by atoms with Gasteiger partial charge in [0.25, 0.3) is 5.56 Å². The number of nitrogens with two attached hydrogens (primary N) is 1. The smallest absolute Gasteiger partial charge is 0.274 e. The highest BCUT2D eigenvalue weighted by molar-refractivity contribution is 7.91. The minimum Gasteiger partial charge on any atom is -0.399 e. The van der Waals surface area contributed by atoms with E-state index in [1.807, 2.05) is 48.8 Å². The van der Waals surface area contributed by atoms with Crippen molar-refractivity contribution in [1.82, 2.24) is 34.2 Å². The largest absolute Gasteiger partial charge is 0.399 e. The van der Waals surface area contributed by atoms with Crippen molar-refractivity contribution >= 4 is 37.5 Å². The van der Waals surface area contributed by atoms with Crippen LogP contribution >= 0.6 is 0 Å². The van der Waals surface area contributed by atoms with Crippen molar-refractivity contribution in [2.24, 2.45) is 0 Å². The van der Waals surface area contributed by atoms with E-state index < -0.39 is 14.7 Å². The van der Waals surface area contributed by atoms with Gasteiger partial charge in [-0.1, -0.05) is 18.2 Å². The van der Waals surface area contributed by atoms with Gasteiger partial charge in [-0.15, -0.1) is 6.58 Å². The van der Waals surface area contributed by atoms with Crippen LogP contribution in [-0.4, -0.2) is 33.7 Å². The highest BCUT2D eigenvalue weighted by Gasteiger charge is 2.55. The molecule has 1 fully saturated rings. The Morgan fingerprint density at radius 3 is 2.70 bits per heavy atom. The fourth-order valence-corrected chi connectivity index (χ4v) is 7.45. The van der Waals surface area contributed by atoms with Gasteiger partial charge in [-0.25, -0.2) is 28.7 Å². The summed E-state index contributed by atoms with van der Waals surface area (Å²) in [5.74, 6) is 0.425. The summed E-state index contributed by atoms with van der Waals surface area (Å²) in [5.41, 5.74) is 11.0. The minimum absolute atomic E-state index is 0.133. The molecular formula is C32H31N9O2S. The van der Waals surface area contributed by atoms with Crippen molar-refractivity contribution in [2.75, 3.05) is 5.73 Å². The van der Waals surface area contributed by atoms with Crippen LogP contribution < -0.4 is 16.0 Å². The van der Waals surface area contributed by atoms with Crippen LogP contribution in [0.2, 0.25) is 0 Å². The van der Waals surface area contributed by atoms with Crippen molar-refractivity contribution in [2.45, 2.75) is 37.1 Å². The Morgan fingerprint density at radius 1 is 1.09 bits per heavy atom. The molecule has 1 saturated carbocycles. The summed E-state index contributed by atoms with van der Waals surface area (Å²) in [7, 11) is -3.37. The van der Waals surface area contributed by atoms with Crippen LogP contribution in [0, 0.1) is 4.78 Å². The summed E-state index contributed by atoms with van der Waals surface area (Å²) in [4.78, 5) is 33.9. The molecule has 1 aliphatic rings. The molecule has 0 amide bonds. The molecule has 222 valence electrons. The standard InChI is InChI=1S/C32H31N9O2S/c1-2-3-15-41-19-25(22-7-12-35-28(22)31(41)42)26-17-27(40-30(39-26)24-9-14-37-29-23(24)8-13-36-29)32(10-11-32)44(34,43)38-18-20-5-4-6-21(33)16-20/h2,4-9,12-14,16-17,19,35H,1,3,10-11,15,18,33H2,(H,36,37)(H2,34,38,43). The van der Waals surface area contributed by atoms with Gasteiger partial charge in [0.15, 0.2) is 5.82 Å². The van der Waals surface area contributed by atoms with Gasteiger partial charge in [-0.2, -0.15) is 0 Å². The predicted octanol–water partition coefficient (Wildman–Crippen LogP) is 5.23. The lowest BCUT2D eigenvalue weighted by Crippen LogP contribution is -2.33. The fourth-order valence-electron chi connectivity index (χ4n) is 5.72. The van der Waals surface area contributed by atoms with Gasteiger partial charge in [0, 0.05) is 65.5 Å². The number of hydrogen-bond donors (Lipinski definition) is 5. The molecule has 1 atom stereocenters. The Hall–Kier alpha value is -5.07. The molecule has 1 aromatic carbocycles. The number of fused-ring (bicyclic) bond motifs is 2. The SMILES string of the molecule is C=CCCn1cc(-c2cc(C3(S(=N)(=O)NCc4cccc(N)c4)CC3)nc(-c3ccnc4[nH]ccc34)n2)c2cc[nH]c2c1=O. The molecule has 5 aromatic heterocycles. The molecule has 0 bridgehead atoms. The van der Waals surface area contributed by atoms with E-state index in [-0.39, 0.29) is 12.1 Å². The molecular weight excluding hydrogens is 574 g/mol. The summed E-state index contributed by atoms with van der Waals surface area (Å²) in [5, 5.41) is 1.56. The number of aryl methyl sites for hydroxylation is 1. The van der Waals surface area contributed by atoms with Crippen molar-refractivity contribution in [3.8, 4) is 22.6 Å². The first-order valence-electron chi connectivity index (χ1n) is 14.3. The number of allylic oxidation sites excluding steroid dienone is 1. The molecule has 0 radical (unpaired) electrons. The number of H-pyrrole nitrogens is 2. The minimum atomic E-state index is -3.37. The molecule has 11 nitrogen and oxygen atoms in total. The Bertz CT molecular complexity index is 2230. The van der Waals surface area contributed by atoms with Crippen molar-refractivity contribution in [3.63, 3.8) is 0 Å². The normalized spacial score (nSPS) is 15.4. The van der Waals surface area contributed by atoms with Crippen LogP contribution in [0.15, 0.2) is 90.8 Å². The monoisotopic (exact) mass is 605 g/mol. The molecule has 1 aliphatic carbocycles. The van der Waals surface area contributed by atoms with E-state index in [0.717, 1.165) is 27.5 Å². The van der Waals surface area contributed by atoms with Gasteiger partial charge in [-0.3, -0.25) is 4.79 Å². The maximum Gasteiger partial charge on any atom is 0.274 e. The Labute approximate surface area is 253 Å². The van der Waals surface area contributed by atoms with Crippen LogP contribution in [0.5, 0.6) is 0 Å². The average Bonchev–Trinajstić information content (AvgIpc) is 3.46. The lowest BCUT2D eigenvalue weighted by Gasteiger charge is -2.21. The molecule has 0 saturated heterocycles. The zero-order chi connectivity index (χ0) is 30.5. The summed E-state index contributed by atoms with van der Waals surface area (Å²) >= 11 is 0. The first-order valence-corrected chi connectivity index (χ1v) is 15.9. The van der Waals surface area contributed by atoms with Gasteiger partial charge in [0.1, 0.15) is 25.8 Å². The molecule has 1 unspecified atom stereocenters. The summed E-state index contributed by atoms with van der Waals surface area (Å²) in [6.45, 7) is 4.49. The van der Waals surface area contributed by atoms with E-state index in [4.69, 9.17) is 20.5 Å². The molecule has 7 rings (SSSR count). The van der Waals surface area contributed by atoms with Crippen LogP contribution in [-0.2, 0) is 27.8 Å². The number of aromatic amines is 2. The van der Waals surface area contributed by atoms with Crippen LogP contribution in [0.4, 0.5) is 5.69 Å². The Balaban J connectivity index is 1.40. The number of nitrogens with one attached hydrogen (secondary N) is 4. The lowest BCUT2D eigenvalue weighted by molar-refractivity contribution is 0.644. The Kier molecular flexibility index (Phi) is 6.67. The van der Waals surface area contributed by atoms with E-state index in [1.165, 1.54) is 0 Å². The fraction of sp³-hybridized carbons (Fsp3) is 0.188. The molecule has 6 aromatic rings. The maximum absolute atomic E-state index is 14.2. The number of pyridine rings is 2. The first-order chi connectivity index (χ1) is 21.3. The second-order valence-corrected chi connectivity index (χ2v) is 13.2. The van der Waals surface area contributed by atoms with Gasteiger partial charge >= 0.3 is 0 Å². The van der Waals surface area contributed by atoms with E-state index in [9.17, 15) is 9.00 Å². The molecule has 0 spiro atoms. The molecule has 5 heterocycles. The van der Waals surface area contributed by atoms with E-state index >= 15 is 0 Å². The van der Waals surface area contributed by atoms with Gasteiger partial charge in [0.05, 0.1) is 11.4 Å². The van der Waals surface area contributed by atoms with Gasteiger partial charge < -0.3 is 20.3 Å². The predicted molar refractivity (Wildman–Crippen MR) is 173 cm³/mol. The zero-order valence-electron chi connectivity index (χ0n) is 23.8. The number of rotatable bonds is 10. The average molecular weight is 606 g/mol. The third kappa shape index (κ3) is 4.68. The first kappa shape index (κ1) is 27.7. The zero-order valence-corrected chi connectivity index (χ0v) is 24.7. The quantitative estimate of drug-likeness (QED) is 0.106. The van der Waals surface area contributed by atoms with E-state index in [1.54, 1.807) is 35.2 Å². The highest BCUT2D eigenvalue weighted by atomic mass is 32.2. The number of hydrogen-bond acceptors (Lipinski definition) is 7. The second-order valence-electron chi connectivity index (χ2n) is 11.1. The number of anilines is 1. The number of aromatic nitrogens is 6. The summed E-state index contributed by atoms with van der Waals surface area (Å²) in [6.07, 6.45) is 10.5. The molecule has 12 heteroatoms. The second kappa shape index (κ2) is 10.6. The highest BCUT2D eigenvalue weighted by Crippen LogP contribution is 2.53. The van der Waals surface area contributed by atoms with Crippen LogP contribution in [0.25, 0.3) is 44.6 Å². The van der Waals surface area contributed by atoms with Gasteiger partial charge in [-0.05, 0) is 61.2 Å². The van der Waals surface area contributed by atoms with E-state index in [2.05, 4.69) is 26.3 Å². The number of nitrogens with zero attached hydrogens (tertiary/aromatic N) is 4. The van der Waals surface area contributed by atoms with E-state index in [0.29, 0.717) is 59.9 Å². The van der Waals surface area contributed by atoms with Crippen LogP contribution in [0.1, 0.15) is 30.5 Å².